The van der Waals surface area contributed by atoms with Gasteiger partial charge in [0.05, 0.1) is 0 Å². The molecule has 0 aliphatic carbocycles. The van der Waals surface area contributed by atoms with Gasteiger partial charge in [-0.15, -0.1) is 0 Å². The fraction of sp³-hybridized carbons (Fsp3) is 0.375. The Bertz CT molecular complexity index is 296. The van der Waals surface area contributed by atoms with Crippen molar-refractivity contribution < 1.29 is 13.2 Å². The minimum Gasteiger partial charge on any atom is -0.252 e. The van der Waals surface area contributed by atoms with Gasteiger partial charge in [-0.2, -0.15) is 25.8 Å². The van der Waals surface area contributed by atoms with Crippen molar-refractivity contribution in [3.8, 4) is 0 Å². The van der Waals surface area contributed by atoms with E-state index in [1.165, 1.54) is 6.07 Å². The van der Waals surface area contributed by atoms with E-state index in [4.69, 9.17) is 0 Å². The van der Waals surface area contributed by atoms with Crippen molar-refractivity contribution in [2.45, 2.75) is 18.3 Å². The highest BCUT2D eigenvalue weighted by Crippen LogP contribution is 2.29. The van der Waals surface area contributed by atoms with Crippen molar-refractivity contribution in [2.24, 2.45) is 0 Å². The molecule has 0 saturated heterocycles. The van der Waals surface area contributed by atoms with E-state index in [0.717, 1.165) is 12.3 Å². The van der Waals surface area contributed by atoms with E-state index in [9.17, 15) is 13.2 Å². The van der Waals surface area contributed by atoms with Crippen LogP contribution in [0.25, 0.3) is 0 Å². The number of nitrogens with zero attached hydrogens (tertiary/aromatic N) is 1. The van der Waals surface area contributed by atoms with E-state index in [1.54, 1.807) is 6.92 Å². The molecule has 0 fully saturated rings. The lowest BCUT2D eigenvalue weighted by Gasteiger charge is -2.08. The first kappa shape index (κ1) is 10.4. The maximum Gasteiger partial charge on any atom is 0.433 e. The maximum absolute atomic E-state index is 12.1. The number of halogens is 3. The topological polar surface area (TPSA) is 12.9 Å². The van der Waals surface area contributed by atoms with Crippen molar-refractivity contribution in [3.05, 3.63) is 29.6 Å². The van der Waals surface area contributed by atoms with Crippen LogP contribution in [0.3, 0.4) is 0 Å². The highest BCUT2D eigenvalue weighted by atomic mass is 32.1. The van der Waals surface area contributed by atoms with Crippen molar-refractivity contribution in [1.29, 1.82) is 0 Å². The van der Waals surface area contributed by atoms with Crippen LogP contribution in [0.2, 0.25) is 0 Å². The minimum absolute atomic E-state index is 0.218. The smallest absolute Gasteiger partial charge is 0.252 e. The molecular weight excluding hydrogens is 199 g/mol. The van der Waals surface area contributed by atoms with Gasteiger partial charge in [-0.3, -0.25) is 4.98 Å². The standard InChI is InChI=1S/C8H8F3NS/c1-5(13)6-2-3-12-7(4-6)8(9,10)11/h2-5,13H,1H3. The first-order chi connectivity index (χ1) is 5.91. The van der Waals surface area contributed by atoms with Gasteiger partial charge in [0.25, 0.3) is 0 Å². The molecule has 0 amide bonds. The Hall–Kier alpha value is -0.710. The summed E-state index contributed by atoms with van der Waals surface area (Å²) in [4.78, 5) is 3.23. The van der Waals surface area contributed by atoms with Crippen molar-refractivity contribution in [2.75, 3.05) is 0 Å². The van der Waals surface area contributed by atoms with Crippen LogP contribution in [0.1, 0.15) is 23.4 Å². The van der Waals surface area contributed by atoms with E-state index in [-0.39, 0.29) is 5.25 Å². The second-order valence-electron chi connectivity index (χ2n) is 2.65. The Morgan fingerprint density at radius 3 is 2.54 bits per heavy atom. The van der Waals surface area contributed by atoms with Gasteiger partial charge in [0.2, 0.25) is 0 Å². The Morgan fingerprint density at radius 1 is 1.46 bits per heavy atom. The SMILES string of the molecule is CC(S)c1ccnc(C(F)(F)F)c1. The van der Waals surface area contributed by atoms with Gasteiger partial charge in [-0.1, -0.05) is 0 Å². The van der Waals surface area contributed by atoms with Crippen molar-refractivity contribution >= 4 is 12.6 Å². The zero-order valence-electron chi connectivity index (χ0n) is 6.84. The van der Waals surface area contributed by atoms with Gasteiger partial charge in [-0.25, -0.2) is 0 Å². The van der Waals surface area contributed by atoms with E-state index < -0.39 is 11.9 Å². The molecule has 0 N–H and O–H groups in total. The lowest BCUT2D eigenvalue weighted by molar-refractivity contribution is -0.141. The predicted molar refractivity (Wildman–Crippen MR) is 46.6 cm³/mol. The molecule has 1 aromatic heterocycles. The van der Waals surface area contributed by atoms with Crippen LogP contribution in [-0.2, 0) is 6.18 Å². The fourth-order valence-electron chi connectivity index (χ4n) is 0.862. The van der Waals surface area contributed by atoms with Crippen LogP contribution in [0, 0.1) is 0 Å². The third kappa shape index (κ3) is 2.62. The first-order valence-corrected chi connectivity index (χ1v) is 4.14. The second-order valence-corrected chi connectivity index (χ2v) is 3.42. The molecule has 0 aromatic carbocycles. The summed E-state index contributed by atoms with van der Waals surface area (Å²) in [6.45, 7) is 1.71. The molecule has 0 saturated carbocycles. The summed E-state index contributed by atoms with van der Waals surface area (Å²) in [6.07, 6.45) is -3.23. The number of hydrogen-bond donors (Lipinski definition) is 1. The molecule has 5 heteroatoms. The van der Waals surface area contributed by atoms with Crippen molar-refractivity contribution in [3.63, 3.8) is 0 Å². The average molecular weight is 207 g/mol. The molecule has 1 atom stereocenters. The zero-order valence-corrected chi connectivity index (χ0v) is 7.73. The van der Waals surface area contributed by atoms with Crippen LogP contribution in [0.15, 0.2) is 18.3 Å². The summed E-state index contributed by atoms with van der Waals surface area (Å²) in [7, 11) is 0. The second kappa shape index (κ2) is 3.57. The largest absolute Gasteiger partial charge is 0.433 e. The van der Waals surface area contributed by atoms with Crippen LogP contribution in [0.5, 0.6) is 0 Å². The fourth-order valence-corrected chi connectivity index (χ4v) is 1.02. The highest BCUT2D eigenvalue weighted by Gasteiger charge is 2.32. The monoisotopic (exact) mass is 207 g/mol. The maximum atomic E-state index is 12.1. The summed E-state index contributed by atoms with van der Waals surface area (Å²) in [5, 5.41) is -0.218. The molecule has 1 rings (SSSR count). The third-order valence-corrected chi connectivity index (χ3v) is 1.85. The third-order valence-electron chi connectivity index (χ3n) is 1.56. The van der Waals surface area contributed by atoms with Gasteiger partial charge in [0.1, 0.15) is 5.69 Å². The molecule has 1 unspecified atom stereocenters. The molecule has 72 valence electrons. The molecule has 1 nitrogen and oxygen atoms in total. The van der Waals surface area contributed by atoms with E-state index in [2.05, 4.69) is 17.6 Å². The van der Waals surface area contributed by atoms with Crippen LogP contribution >= 0.6 is 12.6 Å². The Labute approximate surface area is 79.4 Å². The van der Waals surface area contributed by atoms with Gasteiger partial charge in [0, 0.05) is 11.4 Å². The lowest BCUT2D eigenvalue weighted by atomic mass is 10.2. The molecule has 0 aliphatic rings. The zero-order chi connectivity index (χ0) is 10.1. The van der Waals surface area contributed by atoms with Gasteiger partial charge >= 0.3 is 6.18 Å². The number of pyridine rings is 1. The average Bonchev–Trinajstić information content (AvgIpc) is 2.03. The highest BCUT2D eigenvalue weighted by molar-refractivity contribution is 7.80. The van der Waals surface area contributed by atoms with Gasteiger partial charge < -0.3 is 0 Å². The Morgan fingerprint density at radius 2 is 2.08 bits per heavy atom. The Kier molecular flexibility index (Phi) is 2.85. The summed E-state index contributed by atoms with van der Waals surface area (Å²) >= 11 is 4.04. The van der Waals surface area contributed by atoms with Crippen molar-refractivity contribution in [1.82, 2.24) is 4.98 Å². The number of rotatable bonds is 1. The lowest BCUT2D eigenvalue weighted by Crippen LogP contribution is -2.08. The first-order valence-electron chi connectivity index (χ1n) is 3.62. The molecule has 13 heavy (non-hydrogen) atoms. The van der Waals surface area contributed by atoms with Gasteiger partial charge in [0.15, 0.2) is 0 Å². The number of thiol groups is 1. The summed E-state index contributed by atoms with van der Waals surface area (Å²) < 4.78 is 36.4. The molecule has 0 aliphatic heterocycles. The number of alkyl halides is 3. The van der Waals surface area contributed by atoms with E-state index in [1.807, 2.05) is 0 Å². The molecule has 0 bridgehead atoms. The van der Waals surface area contributed by atoms with Gasteiger partial charge in [-0.05, 0) is 24.6 Å². The minimum atomic E-state index is -4.38. The van der Waals surface area contributed by atoms with Crippen LogP contribution in [-0.4, -0.2) is 4.98 Å². The Balaban J connectivity index is 3.06. The normalized spacial score (nSPS) is 14.2. The predicted octanol–water partition coefficient (Wildman–Crippen LogP) is 3.09. The number of aromatic nitrogens is 1. The summed E-state index contributed by atoms with van der Waals surface area (Å²) in [5.41, 5.74) is -0.350. The molecular formula is C8H8F3NS. The molecule has 0 spiro atoms. The molecule has 0 radical (unpaired) electrons. The van der Waals surface area contributed by atoms with Crippen LogP contribution < -0.4 is 0 Å². The number of hydrogen-bond acceptors (Lipinski definition) is 2. The molecule has 1 aromatic rings. The van der Waals surface area contributed by atoms with E-state index in [0.29, 0.717) is 5.56 Å². The molecule has 1 heterocycles. The van der Waals surface area contributed by atoms with Crippen LogP contribution in [0.4, 0.5) is 13.2 Å². The quantitative estimate of drug-likeness (QED) is 0.698. The van der Waals surface area contributed by atoms with E-state index >= 15 is 0 Å². The summed E-state index contributed by atoms with van der Waals surface area (Å²) in [6, 6.07) is 2.53. The summed E-state index contributed by atoms with van der Waals surface area (Å²) in [5.74, 6) is 0.